The Labute approximate surface area is 181 Å². The molecule has 160 valence electrons. The average Bonchev–Trinajstić information content (AvgIpc) is 3.25. The zero-order valence-electron chi connectivity index (χ0n) is 16.9. The first-order valence-electron chi connectivity index (χ1n) is 10.1. The van der Waals surface area contributed by atoms with Crippen LogP contribution >= 0.6 is 11.6 Å². The molecule has 0 spiro atoms. The number of sulfone groups is 1. The molecule has 7 nitrogen and oxygen atoms in total. The molecule has 9 heteroatoms. The van der Waals surface area contributed by atoms with Gasteiger partial charge < -0.3 is 4.90 Å². The fourth-order valence-electron chi connectivity index (χ4n) is 4.07. The number of carbonyl (C=O) groups is 1. The van der Waals surface area contributed by atoms with Crippen molar-refractivity contribution in [1.82, 2.24) is 19.6 Å². The van der Waals surface area contributed by atoms with Crippen molar-refractivity contribution in [3.63, 3.8) is 0 Å². The van der Waals surface area contributed by atoms with Crippen LogP contribution in [-0.2, 0) is 14.6 Å². The van der Waals surface area contributed by atoms with Gasteiger partial charge in [-0.15, -0.1) is 0 Å². The smallest absolute Gasteiger partial charge is 0.246 e. The topological polar surface area (TPSA) is 75.5 Å². The van der Waals surface area contributed by atoms with Crippen LogP contribution < -0.4 is 0 Å². The lowest BCUT2D eigenvalue weighted by Gasteiger charge is -2.37. The number of benzene rings is 1. The van der Waals surface area contributed by atoms with Crippen LogP contribution in [0.4, 0.5) is 0 Å². The lowest BCUT2D eigenvalue weighted by atomic mass is 10.2. The van der Waals surface area contributed by atoms with Crippen molar-refractivity contribution in [1.29, 1.82) is 0 Å². The molecular weight excluding hydrogens is 424 g/mol. The second kappa shape index (κ2) is 8.53. The van der Waals surface area contributed by atoms with Gasteiger partial charge in [0.1, 0.15) is 5.15 Å². The van der Waals surface area contributed by atoms with Crippen molar-refractivity contribution in [2.75, 3.05) is 37.7 Å². The minimum Gasteiger partial charge on any atom is -0.337 e. The summed E-state index contributed by atoms with van der Waals surface area (Å²) in [7, 11) is -2.89. The molecule has 2 aromatic rings. The van der Waals surface area contributed by atoms with E-state index in [0.29, 0.717) is 37.8 Å². The number of nitrogens with zero attached hydrogens (tertiary/aromatic N) is 4. The Morgan fingerprint density at radius 1 is 1.17 bits per heavy atom. The van der Waals surface area contributed by atoms with E-state index in [4.69, 9.17) is 11.6 Å². The summed E-state index contributed by atoms with van der Waals surface area (Å²) in [4.78, 5) is 16.6. The lowest BCUT2D eigenvalue weighted by Crippen LogP contribution is -2.52. The monoisotopic (exact) mass is 448 g/mol. The van der Waals surface area contributed by atoms with Gasteiger partial charge in [0.25, 0.3) is 0 Å². The first-order chi connectivity index (χ1) is 14.3. The van der Waals surface area contributed by atoms with Crippen molar-refractivity contribution in [3.05, 3.63) is 52.8 Å². The van der Waals surface area contributed by atoms with Crippen LogP contribution in [0, 0.1) is 6.92 Å². The Kier molecular flexibility index (Phi) is 5.99. The van der Waals surface area contributed by atoms with Crippen molar-refractivity contribution < 1.29 is 13.2 Å². The molecule has 0 saturated carbocycles. The SMILES string of the molecule is Cc1nn(-c2ccccc2)c(Cl)c1/C=C/C(=O)N1CCN(C2CCS(=O)(=O)C2)CC1. The Hall–Kier alpha value is -2.16. The average molecular weight is 449 g/mol. The van der Waals surface area contributed by atoms with Crippen molar-refractivity contribution in [2.24, 2.45) is 0 Å². The molecule has 1 aromatic heterocycles. The van der Waals surface area contributed by atoms with Gasteiger partial charge in [0.05, 0.1) is 22.9 Å². The summed E-state index contributed by atoms with van der Waals surface area (Å²) in [6, 6.07) is 9.70. The molecule has 0 bridgehead atoms. The second-order valence-corrected chi connectivity index (χ2v) is 10.4. The maximum atomic E-state index is 12.7. The van der Waals surface area contributed by atoms with Gasteiger partial charge in [0.2, 0.25) is 5.91 Å². The van der Waals surface area contributed by atoms with Crippen LogP contribution in [0.2, 0.25) is 5.15 Å². The van der Waals surface area contributed by atoms with Gasteiger partial charge in [-0.1, -0.05) is 29.8 Å². The van der Waals surface area contributed by atoms with Gasteiger partial charge in [-0.2, -0.15) is 5.10 Å². The lowest BCUT2D eigenvalue weighted by molar-refractivity contribution is -0.127. The predicted molar refractivity (Wildman–Crippen MR) is 118 cm³/mol. The zero-order chi connectivity index (χ0) is 21.3. The van der Waals surface area contributed by atoms with Crippen molar-refractivity contribution in [3.8, 4) is 5.69 Å². The van der Waals surface area contributed by atoms with Gasteiger partial charge in [-0.25, -0.2) is 13.1 Å². The fraction of sp³-hybridized carbons (Fsp3) is 0.429. The van der Waals surface area contributed by atoms with E-state index in [2.05, 4.69) is 10.00 Å². The molecule has 30 heavy (non-hydrogen) atoms. The summed E-state index contributed by atoms with van der Waals surface area (Å²) in [5, 5.41) is 4.96. The number of halogens is 1. The fourth-order valence-corrected chi connectivity index (χ4v) is 6.17. The van der Waals surface area contributed by atoms with E-state index in [1.54, 1.807) is 21.7 Å². The molecule has 1 unspecified atom stereocenters. The minimum absolute atomic E-state index is 0.0726. The van der Waals surface area contributed by atoms with Crippen LogP contribution in [0.1, 0.15) is 17.7 Å². The summed E-state index contributed by atoms with van der Waals surface area (Å²) in [6.45, 7) is 4.45. The van der Waals surface area contributed by atoms with Crippen LogP contribution in [0.3, 0.4) is 0 Å². The Balaban J connectivity index is 1.39. The van der Waals surface area contributed by atoms with Crippen LogP contribution in [-0.4, -0.2) is 77.6 Å². The number of hydrogen-bond donors (Lipinski definition) is 0. The van der Waals surface area contributed by atoms with Gasteiger partial charge in [0.15, 0.2) is 9.84 Å². The Bertz CT molecular complexity index is 1060. The molecule has 1 amide bonds. The van der Waals surface area contributed by atoms with E-state index in [1.165, 1.54) is 0 Å². The highest BCUT2D eigenvalue weighted by Crippen LogP contribution is 2.25. The quantitative estimate of drug-likeness (QED) is 0.670. The molecule has 0 radical (unpaired) electrons. The molecular formula is C21H25ClN4O3S. The van der Waals surface area contributed by atoms with Gasteiger partial charge in [-0.05, 0) is 31.6 Å². The number of aromatic nitrogens is 2. The molecule has 0 N–H and O–H groups in total. The molecule has 1 atom stereocenters. The van der Waals surface area contributed by atoms with Crippen LogP contribution in [0.5, 0.6) is 0 Å². The number of rotatable bonds is 4. The molecule has 2 saturated heterocycles. The molecule has 2 aliphatic rings. The molecule has 2 aliphatic heterocycles. The van der Waals surface area contributed by atoms with Gasteiger partial charge in [-0.3, -0.25) is 9.69 Å². The number of amides is 1. The minimum atomic E-state index is -2.89. The van der Waals surface area contributed by atoms with Crippen LogP contribution in [0.25, 0.3) is 11.8 Å². The highest BCUT2D eigenvalue weighted by atomic mass is 35.5. The number of piperazine rings is 1. The van der Waals surface area contributed by atoms with Gasteiger partial charge in [0, 0.05) is 43.9 Å². The van der Waals surface area contributed by atoms with Gasteiger partial charge >= 0.3 is 0 Å². The van der Waals surface area contributed by atoms with E-state index in [1.807, 2.05) is 37.3 Å². The summed E-state index contributed by atoms with van der Waals surface area (Å²) in [5.74, 6) is 0.442. The summed E-state index contributed by atoms with van der Waals surface area (Å²) in [6.07, 6.45) is 3.96. The number of hydrogen-bond acceptors (Lipinski definition) is 5. The van der Waals surface area contributed by atoms with Crippen molar-refractivity contribution in [2.45, 2.75) is 19.4 Å². The first kappa shape index (κ1) is 21.1. The number of aryl methyl sites for hydroxylation is 1. The second-order valence-electron chi connectivity index (χ2n) is 7.79. The zero-order valence-corrected chi connectivity index (χ0v) is 18.4. The third-order valence-electron chi connectivity index (χ3n) is 5.79. The third-order valence-corrected chi connectivity index (χ3v) is 7.91. The highest BCUT2D eigenvalue weighted by Gasteiger charge is 2.34. The maximum Gasteiger partial charge on any atom is 0.246 e. The van der Waals surface area contributed by atoms with Crippen LogP contribution in [0.15, 0.2) is 36.4 Å². The summed E-state index contributed by atoms with van der Waals surface area (Å²) >= 11 is 6.52. The molecule has 2 fully saturated rings. The number of carbonyl (C=O) groups excluding carboxylic acids is 1. The molecule has 4 rings (SSSR count). The Morgan fingerprint density at radius 3 is 2.50 bits per heavy atom. The largest absolute Gasteiger partial charge is 0.337 e. The first-order valence-corrected chi connectivity index (χ1v) is 12.3. The van der Waals surface area contributed by atoms with E-state index in [9.17, 15) is 13.2 Å². The normalized spacial score (nSPS) is 22.1. The van der Waals surface area contributed by atoms with E-state index in [-0.39, 0.29) is 23.5 Å². The summed E-state index contributed by atoms with van der Waals surface area (Å²) < 4.78 is 25.1. The molecule has 1 aromatic carbocycles. The molecule has 3 heterocycles. The van der Waals surface area contributed by atoms with Crippen molar-refractivity contribution >= 4 is 33.4 Å². The standard InChI is InChI=1S/C21H25ClN4O3S/c1-16-19(21(22)26(23-16)17-5-3-2-4-6-17)7-8-20(27)25-12-10-24(11-13-25)18-9-14-30(28,29)15-18/h2-8,18H,9-15H2,1H3/b8-7+. The molecule has 0 aliphatic carbocycles. The summed E-state index contributed by atoms with van der Waals surface area (Å²) in [5.41, 5.74) is 2.34. The van der Waals surface area contributed by atoms with E-state index < -0.39 is 9.84 Å². The maximum absolute atomic E-state index is 12.7. The Morgan fingerprint density at radius 2 is 1.87 bits per heavy atom. The highest BCUT2D eigenvalue weighted by molar-refractivity contribution is 7.91. The number of para-hydroxylation sites is 1. The van der Waals surface area contributed by atoms with E-state index in [0.717, 1.165) is 16.9 Å². The third kappa shape index (κ3) is 4.45. The van der Waals surface area contributed by atoms with E-state index >= 15 is 0 Å². The predicted octanol–water partition coefficient (Wildman–Crippen LogP) is 2.18.